The minimum absolute atomic E-state index is 0.0705. The highest BCUT2D eigenvalue weighted by molar-refractivity contribution is 7.14. The second-order valence-corrected chi connectivity index (χ2v) is 7.94. The Bertz CT molecular complexity index is 1020. The quantitative estimate of drug-likeness (QED) is 0.498. The van der Waals surface area contributed by atoms with Gasteiger partial charge in [0.1, 0.15) is 0 Å². The van der Waals surface area contributed by atoms with Crippen LogP contribution in [0.1, 0.15) is 30.7 Å². The summed E-state index contributed by atoms with van der Waals surface area (Å²) in [5.74, 6) is -0.202. The lowest BCUT2D eigenvalue weighted by Crippen LogP contribution is -2.24. The third-order valence-electron chi connectivity index (χ3n) is 4.76. The molecule has 0 unspecified atom stereocenters. The lowest BCUT2D eigenvalue weighted by molar-refractivity contribution is -0.115. The van der Waals surface area contributed by atoms with Crippen LogP contribution in [-0.2, 0) is 24.3 Å². The number of para-hydroxylation sites is 1. The summed E-state index contributed by atoms with van der Waals surface area (Å²) in [6, 6.07) is 12.9. The first-order valence-electron chi connectivity index (χ1n) is 9.76. The summed E-state index contributed by atoms with van der Waals surface area (Å²) in [5, 5.41) is 2.62. The molecule has 0 fully saturated rings. The maximum atomic E-state index is 13.9. The summed E-state index contributed by atoms with van der Waals surface area (Å²) in [4.78, 5) is 20.8. The summed E-state index contributed by atoms with van der Waals surface area (Å²) in [6.07, 6.45) is 0.833. The maximum Gasteiger partial charge on any atom is 0.230 e. The van der Waals surface area contributed by atoms with Crippen molar-refractivity contribution in [2.75, 3.05) is 19.1 Å². The van der Waals surface area contributed by atoms with E-state index in [9.17, 15) is 9.18 Å². The highest BCUT2D eigenvalue weighted by Crippen LogP contribution is 2.32. The number of thiazole rings is 1. The number of hydrogen-bond donors (Lipinski definition) is 0. The van der Waals surface area contributed by atoms with Gasteiger partial charge in [-0.15, -0.1) is 11.3 Å². The second-order valence-electron chi connectivity index (χ2n) is 7.10. The molecule has 1 amide bonds. The Morgan fingerprint density at radius 3 is 2.63 bits per heavy atom. The van der Waals surface area contributed by atoms with E-state index >= 15 is 0 Å². The number of carbonyl (C=O) groups excluding carboxylic acids is 1. The fourth-order valence-electron chi connectivity index (χ4n) is 3.36. The van der Waals surface area contributed by atoms with E-state index in [1.54, 1.807) is 17.9 Å². The van der Waals surface area contributed by atoms with E-state index in [2.05, 4.69) is 11.8 Å². The average molecular weight is 428 g/mol. The highest BCUT2D eigenvalue weighted by Gasteiger charge is 2.20. The van der Waals surface area contributed by atoms with Crippen molar-refractivity contribution in [3.05, 3.63) is 70.5 Å². The monoisotopic (exact) mass is 427 g/mol. The van der Waals surface area contributed by atoms with Crippen LogP contribution in [-0.4, -0.2) is 29.9 Å². The fraction of sp³-hybridized carbons (Fsp3) is 0.304. The summed E-state index contributed by atoms with van der Waals surface area (Å²) in [7, 11) is 3.41. The minimum atomic E-state index is -0.369. The lowest BCUT2D eigenvalue weighted by atomic mass is 10.1. The molecule has 158 valence electrons. The molecular formula is C23H26FN3O2S. The Balaban J connectivity index is 1.74. The van der Waals surface area contributed by atoms with Gasteiger partial charge in [-0.25, -0.2) is 9.37 Å². The predicted molar refractivity (Wildman–Crippen MR) is 119 cm³/mol. The molecule has 3 aromatic rings. The Morgan fingerprint density at radius 2 is 1.97 bits per heavy atom. The molecule has 3 rings (SSSR count). The molecule has 0 bridgehead atoms. The molecule has 0 spiro atoms. The van der Waals surface area contributed by atoms with Crippen molar-refractivity contribution in [3.8, 4) is 5.75 Å². The number of methoxy groups -OCH3 is 1. The number of ether oxygens (including phenoxy) is 1. The van der Waals surface area contributed by atoms with Crippen molar-refractivity contribution < 1.29 is 13.9 Å². The van der Waals surface area contributed by atoms with Gasteiger partial charge >= 0.3 is 0 Å². The topological polar surface area (TPSA) is 45.7 Å². The van der Waals surface area contributed by atoms with E-state index in [-0.39, 0.29) is 17.5 Å². The van der Waals surface area contributed by atoms with E-state index < -0.39 is 0 Å². The lowest BCUT2D eigenvalue weighted by Gasteiger charge is -2.21. The van der Waals surface area contributed by atoms with Gasteiger partial charge in [0.05, 0.1) is 18.5 Å². The number of nitrogens with zero attached hydrogens (tertiary/aromatic N) is 3. The van der Waals surface area contributed by atoms with Crippen molar-refractivity contribution in [2.45, 2.75) is 33.4 Å². The third kappa shape index (κ3) is 5.04. The summed E-state index contributed by atoms with van der Waals surface area (Å²) in [5.41, 5.74) is 3.69. The molecule has 1 aromatic heterocycles. The van der Waals surface area contributed by atoms with Crippen LogP contribution in [0.3, 0.4) is 0 Å². The third-order valence-corrected chi connectivity index (χ3v) is 5.63. The Kier molecular flexibility index (Phi) is 7.18. The van der Waals surface area contributed by atoms with E-state index in [1.807, 2.05) is 42.8 Å². The van der Waals surface area contributed by atoms with Gasteiger partial charge in [-0.3, -0.25) is 14.6 Å². The SMILES string of the molecule is CCc1ccccc1N(C(C)=O)c1nc(CN(C)Cc2ccc(OC)c(F)c2)cs1. The van der Waals surface area contributed by atoms with Crippen LogP contribution >= 0.6 is 11.3 Å². The predicted octanol–water partition coefficient (Wildman–Crippen LogP) is 5.17. The number of carbonyl (C=O) groups is 1. The summed E-state index contributed by atoms with van der Waals surface area (Å²) >= 11 is 1.45. The van der Waals surface area contributed by atoms with Crippen molar-refractivity contribution in [3.63, 3.8) is 0 Å². The number of anilines is 2. The Labute approximate surface area is 180 Å². The van der Waals surface area contributed by atoms with Gasteiger partial charge in [0.25, 0.3) is 0 Å². The number of amides is 1. The van der Waals surface area contributed by atoms with Crippen molar-refractivity contribution in [1.82, 2.24) is 9.88 Å². The van der Waals surface area contributed by atoms with Gasteiger partial charge in [-0.2, -0.15) is 0 Å². The maximum absolute atomic E-state index is 13.9. The molecule has 0 aliphatic heterocycles. The van der Waals surface area contributed by atoms with Crippen LogP contribution in [0.5, 0.6) is 5.75 Å². The Hall–Kier alpha value is -2.77. The Morgan fingerprint density at radius 1 is 1.20 bits per heavy atom. The van der Waals surface area contributed by atoms with Crippen LogP contribution in [0.2, 0.25) is 0 Å². The largest absolute Gasteiger partial charge is 0.494 e. The smallest absolute Gasteiger partial charge is 0.230 e. The molecule has 2 aromatic carbocycles. The van der Waals surface area contributed by atoms with E-state index in [4.69, 9.17) is 9.72 Å². The molecule has 0 radical (unpaired) electrons. The zero-order valence-electron chi connectivity index (χ0n) is 17.7. The molecule has 0 saturated heterocycles. The number of aryl methyl sites for hydroxylation is 1. The van der Waals surface area contributed by atoms with Crippen LogP contribution in [0.15, 0.2) is 47.8 Å². The minimum Gasteiger partial charge on any atom is -0.494 e. The first-order valence-corrected chi connectivity index (χ1v) is 10.6. The zero-order chi connectivity index (χ0) is 21.7. The van der Waals surface area contributed by atoms with Crippen molar-refractivity contribution >= 4 is 28.1 Å². The molecule has 7 heteroatoms. The average Bonchev–Trinajstić information content (AvgIpc) is 3.16. The van der Waals surface area contributed by atoms with Gasteiger partial charge < -0.3 is 4.74 Å². The molecule has 0 aliphatic carbocycles. The van der Waals surface area contributed by atoms with Gasteiger partial charge in [-0.1, -0.05) is 31.2 Å². The van der Waals surface area contributed by atoms with Crippen molar-refractivity contribution in [2.24, 2.45) is 0 Å². The number of aromatic nitrogens is 1. The zero-order valence-corrected chi connectivity index (χ0v) is 18.5. The van der Waals surface area contributed by atoms with Crippen LogP contribution in [0, 0.1) is 5.82 Å². The highest BCUT2D eigenvalue weighted by atomic mass is 32.1. The molecule has 0 aliphatic rings. The van der Waals surface area contributed by atoms with Crippen molar-refractivity contribution in [1.29, 1.82) is 0 Å². The molecular weight excluding hydrogens is 401 g/mol. The summed E-state index contributed by atoms with van der Waals surface area (Å²) < 4.78 is 18.9. The van der Waals surface area contributed by atoms with Gasteiger partial charge in [0.2, 0.25) is 5.91 Å². The van der Waals surface area contributed by atoms with Gasteiger partial charge in [0.15, 0.2) is 16.7 Å². The number of benzene rings is 2. The van der Waals surface area contributed by atoms with Crippen LogP contribution in [0.4, 0.5) is 15.2 Å². The summed E-state index contributed by atoms with van der Waals surface area (Å²) in [6.45, 7) is 4.79. The van der Waals surface area contributed by atoms with Crippen LogP contribution < -0.4 is 9.64 Å². The first kappa shape index (κ1) is 21.9. The molecule has 0 N–H and O–H groups in total. The number of halogens is 1. The molecule has 5 nitrogen and oxygen atoms in total. The van der Waals surface area contributed by atoms with Gasteiger partial charge in [-0.05, 0) is 42.8 Å². The van der Waals surface area contributed by atoms with Crippen LogP contribution in [0.25, 0.3) is 0 Å². The number of hydrogen-bond acceptors (Lipinski definition) is 5. The first-order chi connectivity index (χ1) is 14.4. The van der Waals surface area contributed by atoms with E-state index in [0.717, 1.165) is 28.9 Å². The second kappa shape index (κ2) is 9.82. The molecule has 30 heavy (non-hydrogen) atoms. The van der Waals surface area contributed by atoms with E-state index in [1.165, 1.54) is 24.5 Å². The standard InChI is InChI=1S/C23H26FN3O2S/c1-5-18-8-6-7-9-21(18)27(16(2)28)23-25-19(15-30-23)14-26(3)13-17-10-11-22(29-4)20(24)12-17/h6-12,15H,5,13-14H2,1-4H3. The van der Waals surface area contributed by atoms with Gasteiger partial charge in [0, 0.05) is 25.4 Å². The fourth-order valence-corrected chi connectivity index (χ4v) is 4.23. The molecule has 0 atom stereocenters. The molecule has 1 heterocycles. The normalized spacial score (nSPS) is 11.0. The number of rotatable bonds is 8. The molecule has 0 saturated carbocycles. The van der Waals surface area contributed by atoms with E-state index in [0.29, 0.717) is 18.2 Å².